The molecule has 25 heavy (non-hydrogen) atoms. The Kier molecular flexibility index (Phi) is 4.83. The average Bonchev–Trinajstić information content (AvgIpc) is 3.13. The molecule has 1 saturated heterocycles. The van der Waals surface area contributed by atoms with Crippen LogP contribution < -0.4 is 0 Å². The number of hydrogen-bond acceptors (Lipinski definition) is 4. The minimum absolute atomic E-state index is 0.103. The molecule has 1 fully saturated rings. The van der Waals surface area contributed by atoms with Crippen molar-refractivity contribution in [2.75, 3.05) is 6.54 Å². The van der Waals surface area contributed by atoms with E-state index in [1.807, 2.05) is 18.7 Å². The number of alkyl halides is 3. The number of benzene rings is 1. The topological polar surface area (TPSA) is 54.2 Å². The van der Waals surface area contributed by atoms with E-state index in [1.54, 1.807) is 10.7 Å². The van der Waals surface area contributed by atoms with Crippen LogP contribution in [-0.2, 0) is 12.7 Å². The van der Waals surface area contributed by atoms with Crippen molar-refractivity contribution in [3.05, 3.63) is 47.5 Å². The van der Waals surface area contributed by atoms with E-state index in [-0.39, 0.29) is 18.0 Å². The number of likely N-dealkylation sites (tertiary alicyclic amines) is 1. The first kappa shape index (κ1) is 17.9. The number of aliphatic hydroxyl groups excluding tert-OH is 1. The van der Waals surface area contributed by atoms with Crippen molar-refractivity contribution in [2.45, 2.75) is 51.2 Å². The maximum absolute atomic E-state index is 13.4. The highest BCUT2D eigenvalue weighted by Crippen LogP contribution is 2.40. The average molecular weight is 354 g/mol. The molecule has 0 unspecified atom stereocenters. The summed E-state index contributed by atoms with van der Waals surface area (Å²) in [6.45, 7) is 4.58. The molecule has 2 aromatic rings. The van der Waals surface area contributed by atoms with Crippen LogP contribution in [0.4, 0.5) is 13.2 Å². The fraction of sp³-hybridized carbons (Fsp3) is 0.529. The van der Waals surface area contributed by atoms with Gasteiger partial charge in [0.1, 0.15) is 12.2 Å². The van der Waals surface area contributed by atoms with Gasteiger partial charge in [0.25, 0.3) is 0 Å². The van der Waals surface area contributed by atoms with Crippen LogP contribution in [0.3, 0.4) is 0 Å². The van der Waals surface area contributed by atoms with E-state index in [1.165, 1.54) is 18.5 Å². The molecule has 0 radical (unpaired) electrons. The second kappa shape index (κ2) is 6.76. The Balaban J connectivity index is 1.92. The lowest BCUT2D eigenvalue weighted by atomic mass is 9.97. The standard InChI is InChI=1S/C17H21F3N4O/c1-11(2)24-16(21-10-22-24)9-23-8-12(25)7-15(23)13-5-3-4-6-14(13)17(18,19)20/h3-6,10-12,15,25H,7-9H2,1-2H3/t12-,15+/m0/s1. The maximum Gasteiger partial charge on any atom is 0.416 e. The molecule has 0 saturated carbocycles. The van der Waals surface area contributed by atoms with E-state index >= 15 is 0 Å². The molecule has 0 bridgehead atoms. The summed E-state index contributed by atoms with van der Waals surface area (Å²) in [5, 5.41) is 14.2. The summed E-state index contributed by atoms with van der Waals surface area (Å²) < 4.78 is 41.8. The van der Waals surface area contributed by atoms with Crippen molar-refractivity contribution in [1.82, 2.24) is 19.7 Å². The van der Waals surface area contributed by atoms with Crippen LogP contribution in [0.1, 0.15) is 49.3 Å². The summed E-state index contributed by atoms with van der Waals surface area (Å²) in [7, 11) is 0. The molecule has 2 heterocycles. The predicted octanol–water partition coefficient (Wildman–Crippen LogP) is 3.19. The van der Waals surface area contributed by atoms with Gasteiger partial charge in [0.2, 0.25) is 0 Å². The Hall–Kier alpha value is -1.93. The third-order valence-corrected chi connectivity index (χ3v) is 4.49. The van der Waals surface area contributed by atoms with E-state index in [0.717, 1.165) is 6.07 Å². The fourth-order valence-corrected chi connectivity index (χ4v) is 3.42. The van der Waals surface area contributed by atoms with Gasteiger partial charge in [-0.1, -0.05) is 18.2 Å². The van der Waals surface area contributed by atoms with E-state index in [0.29, 0.717) is 18.9 Å². The molecule has 3 rings (SSSR count). The number of rotatable bonds is 4. The van der Waals surface area contributed by atoms with Gasteiger partial charge in [-0.25, -0.2) is 9.67 Å². The second-order valence-electron chi connectivity index (χ2n) is 6.63. The summed E-state index contributed by atoms with van der Waals surface area (Å²) in [5.41, 5.74) is -0.452. The molecule has 0 aliphatic carbocycles. The summed E-state index contributed by atoms with van der Waals surface area (Å²) in [4.78, 5) is 6.08. The zero-order valence-electron chi connectivity index (χ0n) is 14.1. The van der Waals surface area contributed by atoms with Gasteiger partial charge in [0.15, 0.2) is 0 Å². The van der Waals surface area contributed by atoms with Gasteiger partial charge in [-0.15, -0.1) is 0 Å². The number of halogens is 3. The van der Waals surface area contributed by atoms with Gasteiger partial charge in [0.05, 0.1) is 18.2 Å². The van der Waals surface area contributed by atoms with Gasteiger partial charge in [-0.05, 0) is 31.9 Å². The van der Waals surface area contributed by atoms with Crippen LogP contribution in [0.2, 0.25) is 0 Å². The lowest BCUT2D eigenvalue weighted by Gasteiger charge is -2.26. The zero-order chi connectivity index (χ0) is 18.2. The SMILES string of the molecule is CC(C)n1ncnc1CN1C[C@@H](O)C[C@@H]1c1ccccc1C(F)(F)F. The number of aromatic nitrogens is 3. The van der Waals surface area contributed by atoms with Crippen molar-refractivity contribution in [3.8, 4) is 0 Å². The highest BCUT2D eigenvalue weighted by molar-refractivity contribution is 5.33. The number of hydrogen-bond donors (Lipinski definition) is 1. The molecule has 1 aliphatic heterocycles. The number of nitrogens with zero attached hydrogens (tertiary/aromatic N) is 4. The maximum atomic E-state index is 13.4. The quantitative estimate of drug-likeness (QED) is 0.916. The zero-order valence-corrected chi connectivity index (χ0v) is 14.1. The normalized spacial score (nSPS) is 22.0. The summed E-state index contributed by atoms with van der Waals surface area (Å²) in [5.74, 6) is 0.679. The van der Waals surface area contributed by atoms with E-state index in [2.05, 4.69) is 10.1 Å². The Morgan fingerprint density at radius 2 is 2.00 bits per heavy atom. The summed E-state index contributed by atoms with van der Waals surface area (Å²) in [6.07, 6.45) is -3.38. The van der Waals surface area contributed by atoms with Crippen molar-refractivity contribution in [2.24, 2.45) is 0 Å². The highest BCUT2D eigenvalue weighted by Gasteiger charge is 2.40. The molecule has 1 aromatic carbocycles. The summed E-state index contributed by atoms with van der Waals surface area (Å²) in [6, 6.07) is 5.17. The van der Waals surface area contributed by atoms with Crippen LogP contribution in [0, 0.1) is 0 Å². The first-order chi connectivity index (χ1) is 11.8. The van der Waals surface area contributed by atoms with E-state index in [9.17, 15) is 18.3 Å². The molecule has 8 heteroatoms. The largest absolute Gasteiger partial charge is 0.416 e. The molecule has 1 aliphatic rings. The van der Waals surface area contributed by atoms with E-state index in [4.69, 9.17) is 0 Å². The molecule has 2 atom stereocenters. The monoisotopic (exact) mass is 354 g/mol. The molecular formula is C17H21F3N4O. The van der Waals surface area contributed by atoms with Crippen LogP contribution in [0.5, 0.6) is 0 Å². The van der Waals surface area contributed by atoms with Crippen LogP contribution in [0.15, 0.2) is 30.6 Å². The molecule has 136 valence electrons. The Bertz CT molecular complexity index is 729. The van der Waals surface area contributed by atoms with Gasteiger partial charge in [0, 0.05) is 18.6 Å². The fourth-order valence-electron chi connectivity index (χ4n) is 3.42. The van der Waals surface area contributed by atoms with Crippen LogP contribution >= 0.6 is 0 Å². The first-order valence-corrected chi connectivity index (χ1v) is 8.24. The Labute approximate surface area is 144 Å². The van der Waals surface area contributed by atoms with Crippen molar-refractivity contribution >= 4 is 0 Å². The first-order valence-electron chi connectivity index (χ1n) is 8.24. The highest BCUT2D eigenvalue weighted by atomic mass is 19.4. The Morgan fingerprint density at radius 3 is 2.68 bits per heavy atom. The minimum Gasteiger partial charge on any atom is -0.392 e. The number of aliphatic hydroxyl groups is 1. The minimum atomic E-state index is -4.42. The Morgan fingerprint density at radius 1 is 1.28 bits per heavy atom. The van der Waals surface area contributed by atoms with Gasteiger partial charge >= 0.3 is 6.18 Å². The van der Waals surface area contributed by atoms with E-state index < -0.39 is 23.9 Å². The molecular weight excluding hydrogens is 333 g/mol. The van der Waals surface area contributed by atoms with Crippen LogP contribution in [-0.4, -0.2) is 37.4 Å². The van der Waals surface area contributed by atoms with Crippen molar-refractivity contribution in [1.29, 1.82) is 0 Å². The van der Waals surface area contributed by atoms with Gasteiger partial charge in [-0.3, -0.25) is 4.90 Å². The molecule has 0 spiro atoms. The molecule has 1 aromatic heterocycles. The van der Waals surface area contributed by atoms with Crippen molar-refractivity contribution < 1.29 is 18.3 Å². The lowest BCUT2D eigenvalue weighted by molar-refractivity contribution is -0.138. The van der Waals surface area contributed by atoms with Crippen molar-refractivity contribution in [3.63, 3.8) is 0 Å². The molecule has 1 N–H and O–H groups in total. The smallest absolute Gasteiger partial charge is 0.392 e. The van der Waals surface area contributed by atoms with Crippen LogP contribution in [0.25, 0.3) is 0 Å². The predicted molar refractivity (Wildman–Crippen MR) is 85.6 cm³/mol. The van der Waals surface area contributed by atoms with Gasteiger partial charge < -0.3 is 5.11 Å². The second-order valence-corrected chi connectivity index (χ2v) is 6.63. The third-order valence-electron chi connectivity index (χ3n) is 4.49. The molecule has 0 amide bonds. The third kappa shape index (κ3) is 3.69. The lowest BCUT2D eigenvalue weighted by Crippen LogP contribution is -2.28. The summed E-state index contributed by atoms with van der Waals surface area (Å²) >= 11 is 0. The molecule has 5 nitrogen and oxygen atoms in total. The number of β-amino-alcohol motifs (C(OH)–C–C–N with tert-alkyl or cyclic N) is 1. The van der Waals surface area contributed by atoms with Gasteiger partial charge in [-0.2, -0.15) is 18.3 Å².